The van der Waals surface area contributed by atoms with Crippen LogP contribution in [0.4, 0.5) is 11.4 Å². The highest BCUT2D eigenvalue weighted by Gasteiger charge is 2.13. The number of methoxy groups -OCH3 is 2. The van der Waals surface area contributed by atoms with Gasteiger partial charge in [-0.2, -0.15) is 0 Å². The summed E-state index contributed by atoms with van der Waals surface area (Å²) in [7, 11) is 3.15. The van der Waals surface area contributed by atoms with Crippen molar-refractivity contribution in [2.45, 2.75) is 13.3 Å². The molecule has 0 aliphatic rings. The number of anilines is 1. The second kappa shape index (κ2) is 9.42. The molecule has 144 valence electrons. The van der Waals surface area contributed by atoms with Gasteiger partial charge < -0.3 is 20.1 Å². The number of nitro groups is 1. The summed E-state index contributed by atoms with van der Waals surface area (Å²) in [5.74, 6) is 1.10. The summed E-state index contributed by atoms with van der Waals surface area (Å²) in [5, 5.41) is 16.7. The van der Waals surface area contributed by atoms with E-state index in [4.69, 9.17) is 9.47 Å². The molecule has 0 saturated heterocycles. The van der Waals surface area contributed by atoms with Crippen LogP contribution in [0.25, 0.3) is 0 Å². The van der Waals surface area contributed by atoms with Crippen LogP contribution in [0.1, 0.15) is 11.1 Å². The van der Waals surface area contributed by atoms with Gasteiger partial charge in [0.05, 0.1) is 25.7 Å². The zero-order chi connectivity index (χ0) is 19.8. The molecule has 0 bridgehead atoms. The number of carbonyl (C=O) groups is 1. The highest BCUT2D eigenvalue weighted by molar-refractivity contribution is 5.81. The van der Waals surface area contributed by atoms with E-state index in [-0.39, 0.29) is 18.1 Å². The third-order valence-corrected chi connectivity index (χ3v) is 4.13. The Morgan fingerprint density at radius 3 is 2.56 bits per heavy atom. The van der Waals surface area contributed by atoms with E-state index in [1.165, 1.54) is 6.07 Å². The van der Waals surface area contributed by atoms with Crippen molar-refractivity contribution in [3.05, 3.63) is 57.6 Å². The van der Waals surface area contributed by atoms with Crippen LogP contribution >= 0.6 is 0 Å². The summed E-state index contributed by atoms with van der Waals surface area (Å²) >= 11 is 0. The predicted molar refractivity (Wildman–Crippen MR) is 103 cm³/mol. The maximum atomic E-state index is 12.0. The third kappa shape index (κ3) is 5.34. The first-order valence-corrected chi connectivity index (χ1v) is 8.41. The van der Waals surface area contributed by atoms with Crippen LogP contribution in [0.2, 0.25) is 0 Å². The first-order valence-electron chi connectivity index (χ1n) is 8.41. The molecule has 0 atom stereocenters. The van der Waals surface area contributed by atoms with Gasteiger partial charge >= 0.3 is 0 Å². The van der Waals surface area contributed by atoms with Crippen molar-refractivity contribution < 1.29 is 19.2 Å². The summed E-state index contributed by atoms with van der Waals surface area (Å²) in [6.45, 7) is 2.15. The Morgan fingerprint density at radius 2 is 1.89 bits per heavy atom. The molecule has 8 nitrogen and oxygen atoms in total. The number of carbonyl (C=O) groups excluding carboxylic acids is 1. The fourth-order valence-corrected chi connectivity index (χ4v) is 2.63. The number of ether oxygens (including phenoxy) is 2. The van der Waals surface area contributed by atoms with Gasteiger partial charge in [0.15, 0.2) is 11.5 Å². The van der Waals surface area contributed by atoms with E-state index >= 15 is 0 Å². The number of nitrogens with one attached hydrogen (secondary N) is 2. The average Bonchev–Trinajstić information content (AvgIpc) is 2.66. The van der Waals surface area contributed by atoms with E-state index in [1.807, 2.05) is 18.2 Å². The summed E-state index contributed by atoms with van der Waals surface area (Å²) in [5.41, 5.74) is 2.10. The third-order valence-electron chi connectivity index (χ3n) is 4.13. The van der Waals surface area contributed by atoms with Crippen molar-refractivity contribution in [1.29, 1.82) is 0 Å². The smallest absolute Gasteiger partial charge is 0.274 e. The molecule has 0 heterocycles. The van der Waals surface area contributed by atoms with Crippen molar-refractivity contribution in [3.8, 4) is 11.5 Å². The molecule has 2 aromatic rings. The first-order chi connectivity index (χ1) is 13.0. The SMILES string of the molecule is COc1ccc(CCNC(=O)CNc2cccc([N+](=O)[O-])c2C)cc1OC. The van der Waals surface area contributed by atoms with Crippen LogP contribution in [0.15, 0.2) is 36.4 Å². The number of rotatable bonds is 9. The summed E-state index contributed by atoms with van der Waals surface area (Å²) in [6, 6.07) is 10.3. The molecule has 0 unspecified atom stereocenters. The monoisotopic (exact) mass is 373 g/mol. The fraction of sp³-hybridized carbons (Fsp3) is 0.316. The molecule has 27 heavy (non-hydrogen) atoms. The molecule has 2 rings (SSSR count). The van der Waals surface area contributed by atoms with Gasteiger partial charge in [-0.3, -0.25) is 14.9 Å². The van der Waals surface area contributed by atoms with Crippen LogP contribution in [0, 0.1) is 17.0 Å². The van der Waals surface area contributed by atoms with E-state index in [0.29, 0.717) is 35.7 Å². The average molecular weight is 373 g/mol. The molecular weight excluding hydrogens is 350 g/mol. The van der Waals surface area contributed by atoms with E-state index in [2.05, 4.69) is 10.6 Å². The second-order valence-electron chi connectivity index (χ2n) is 5.85. The Bertz CT molecular complexity index is 823. The number of hydrogen-bond acceptors (Lipinski definition) is 6. The second-order valence-corrected chi connectivity index (χ2v) is 5.85. The van der Waals surface area contributed by atoms with Gasteiger partial charge in [0.1, 0.15) is 0 Å². The van der Waals surface area contributed by atoms with E-state index in [9.17, 15) is 14.9 Å². The number of hydrogen-bond donors (Lipinski definition) is 2. The van der Waals surface area contributed by atoms with Gasteiger partial charge in [0.25, 0.3) is 5.69 Å². The standard InChI is InChI=1S/C19H23N3O5/c1-13-15(5-4-6-16(13)22(24)25)21-12-19(23)20-10-9-14-7-8-17(26-2)18(11-14)27-3/h4-8,11,21H,9-10,12H2,1-3H3,(H,20,23). The molecule has 0 saturated carbocycles. The molecule has 2 aromatic carbocycles. The minimum absolute atomic E-state index is 0.0221. The van der Waals surface area contributed by atoms with Crippen LogP contribution in [-0.2, 0) is 11.2 Å². The maximum Gasteiger partial charge on any atom is 0.274 e. The highest BCUT2D eigenvalue weighted by Crippen LogP contribution is 2.27. The quantitative estimate of drug-likeness (QED) is 0.517. The van der Waals surface area contributed by atoms with Crippen molar-refractivity contribution >= 4 is 17.3 Å². The van der Waals surface area contributed by atoms with Crippen LogP contribution < -0.4 is 20.1 Å². The van der Waals surface area contributed by atoms with Gasteiger partial charge in [0, 0.05) is 23.9 Å². The molecule has 1 amide bonds. The van der Waals surface area contributed by atoms with E-state index in [0.717, 1.165) is 5.56 Å². The zero-order valence-corrected chi connectivity index (χ0v) is 15.6. The maximum absolute atomic E-state index is 12.0. The van der Waals surface area contributed by atoms with Crippen molar-refractivity contribution in [2.75, 3.05) is 32.6 Å². The molecule has 0 radical (unpaired) electrons. The van der Waals surface area contributed by atoms with Gasteiger partial charge in [0.2, 0.25) is 5.91 Å². The summed E-state index contributed by atoms with van der Waals surface area (Å²) in [4.78, 5) is 22.5. The number of nitro benzene ring substituents is 1. The van der Waals surface area contributed by atoms with Gasteiger partial charge in [-0.25, -0.2) is 0 Å². The molecular formula is C19H23N3O5. The van der Waals surface area contributed by atoms with Crippen molar-refractivity contribution in [1.82, 2.24) is 5.32 Å². The Kier molecular flexibility index (Phi) is 6.99. The largest absolute Gasteiger partial charge is 0.493 e. The number of amides is 1. The Hall–Kier alpha value is -3.29. The zero-order valence-electron chi connectivity index (χ0n) is 15.6. The molecule has 0 spiro atoms. The van der Waals surface area contributed by atoms with Crippen molar-refractivity contribution in [3.63, 3.8) is 0 Å². The summed E-state index contributed by atoms with van der Waals surface area (Å²) < 4.78 is 10.5. The number of benzene rings is 2. The van der Waals surface area contributed by atoms with Crippen molar-refractivity contribution in [2.24, 2.45) is 0 Å². The van der Waals surface area contributed by atoms with Gasteiger partial charge in [-0.05, 0) is 37.1 Å². The summed E-state index contributed by atoms with van der Waals surface area (Å²) in [6.07, 6.45) is 0.641. The molecule has 0 aromatic heterocycles. The minimum Gasteiger partial charge on any atom is -0.493 e. The molecule has 0 fully saturated rings. The molecule has 2 N–H and O–H groups in total. The Morgan fingerprint density at radius 1 is 1.15 bits per heavy atom. The Balaban J connectivity index is 1.84. The van der Waals surface area contributed by atoms with E-state index < -0.39 is 4.92 Å². The highest BCUT2D eigenvalue weighted by atomic mass is 16.6. The predicted octanol–water partition coefficient (Wildman–Crippen LogP) is 2.69. The lowest BCUT2D eigenvalue weighted by Crippen LogP contribution is -2.31. The van der Waals surface area contributed by atoms with Gasteiger partial charge in [-0.15, -0.1) is 0 Å². The molecule has 8 heteroatoms. The lowest BCUT2D eigenvalue weighted by atomic mass is 10.1. The van der Waals surface area contributed by atoms with E-state index in [1.54, 1.807) is 33.3 Å². The van der Waals surface area contributed by atoms with Crippen LogP contribution in [-0.4, -0.2) is 38.1 Å². The lowest BCUT2D eigenvalue weighted by Gasteiger charge is -2.11. The number of nitrogens with zero attached hydrogens (tertiary/aromatic N) is 1. The molecule has 0 aliphatic heterocycles. The van der Waals surface area contributed by atoms with Crippen LogP contribution in [0.3, 0.4) is 0 Å². The van der Waals surface area contributed by atoms with Gasteiger partial charge in [-0.1, -0.05) is 12.1 Å². The normalized spacial score (nSPS) is 10.2. The molecule has 0 aliphatic carbocycles. The first kappa shape index (κ1) is 20.0. The fourth-order valence-electron chi connectivity index (χ4n) is 2.63. The lowest BCUT2D eigenvalue weighted by molar-refractivity contribution is -0.385. The van der Waals surface area contributed by atoms with Crippen LogP contribution in [0.5, 0.6) is 11.5 Å². The topological polar surface area (TPSA) is 103 Å². The minimum atomic E-state index is -0.441. The Labute approximate surface area is 157 Å².